The number of aromatic nitrogens is 3. The van der Waals surface area contributed by atoms with Gasteiger partial charge >= 0.3 is 0 Å². The van der Waals surface area contributed by atoms with Crippen molar-refractivity contribution in [2.24, 2.45) is 11.8 Å². The second-order valence-electron chi connectivity index (χ2n) is 10.6. The first-order valence-electron chi connectivity index (χ1n) is 13.5. The van der Waals surface area contributed by atoms with E-state index in [4.69, 9.17) is 4.74 Å². The lowest BCUT2D eigenvalue weighted by Gasteiger charge is -2.41. The number of carbonyl (C=O) groups is 2. The molecule has 1 saturated carbocycles. The molecule has 0 bridgehead atoms. The molecule has 0 spiro atoms. The molecule has 2 N–H and O–H groups in total. The molecule has 3 heterocycles. The van der Waals surface area contributed by atoms with Gasteiger partial charge in [-0.3, -0.25) is 9.59 Å². The van der Waals surface area contributed by atoms with Gasteiger partial charge < -0.3 is 20.3 Å². The lowest BCUT2D eigenvalue weighted by molar-refractivity contribution is -0.139. The second kappa shape index (κ2) is 10.6. The number of likely N-dealkylation sites (tertiary alicyclic amines) is 1. The first kappa shape index (κ1) is 24.6. The Morgan fingerprint density at radius 3 is 2.68 bits per heavy atom. The number of nitrogens with zero attached hydrogens (tertiary/aromatic N) is 4. The molecular weight excluding hydrogens is 480 g/mol. The van der Waals surface area contributed by atoms with Crippen LogP contribution >= 0.6 is 0 Å². The smallest absolute Gasteiger partial charge is 0.251 e. The highest BCUT2D eigenvalue weighted by Crippen LogP contribution is 2.47. The van der Waals surface area contributed by atoms with E-state index in [1.165, 1.54) is 11.9 Å². The Morgan fingerprint density at radius 1 is 1.08 bits per heavy atom. The Morgan fingerprint density at radius 2 is 1.89 bits per heavy atom. The van der Waals surface area contributed by atoms with Gasteiger partial charge in [0.05, 0.1) is 30.3 Å². The minimum Gasteiger partial charge on any atom is -0.383 e. The molecule has 2 amide bonds. The van der Waals surface area contributed by atoms with Crippen molar-refractivity contribution >= 4 is 17.5 Å². The number of benzene rings is 2. The monoisotopic (exact) mass is 514 g/mol. The van der Waals surface area contributed by atoms with Crippen LogP contribution in [0.15, 0.2) is 61.2 Å². The van der Waals surface area contributed by atoms with Gasteiger partial charge in [0.2, 0.25) is 5.91 Å². The Hall–Kier alpha value is -3.72. The zero-order valence-electron chi connectivity index (χ0n) is 21.6. The van der Waals surface area contributed by atoms with Crippen LogP contribution in [0.2, 0.25) is 0 Å². The minimum absolute atomic E-state index is 0.0303. The van der Waals surface area contributed by atoms with Gasteiger partial charge in [-0.05, 0) is 55.2 Å². The summed E-state index contributed by atoms with van der Waals surface area (Å²) >= 11 is 0. The van der Waals surface area contributed by atoms with Crippen LogP contribution in [0.1, 0.15) is 54.1 Å². The van der Waals surface area contributed by atoms with Gasteiger partial charge in [0.15, 0.2) is 0 Å². The summed E-state index contributed by atoms with van der Waals surface area (Å²) in [7, 11) is 1.73. The zero-order chi connectivity index (χ0) is 26.1. The number of hydrogen-bond acceptors (Lipinski definition) is 6. The standard InChI is InChI=1S/C29H34N6O3/c1-38-16-26-22-14-15-34(27(22)21-6-2-4-8-24(21)32-26)29(37)23-7-3-5-9-25(23)33-28(36)19-10-12-20(13-11-19)35-18-30-17-31-35/h2,4,6,8,10-13,17-18,22-23,25-27,32H,3,5,7,9,14-16H2,1H3,(H,33,36)/t22-,23-,25+,26-,27-/m0/s1. The maximum atomic E-state index is 14.1. The normalized spacial score (nSPS) is 26.2. The summed E-state index contributed by atoms with van der Waals surface area (Å²) < 4.78 is 7.18. The third-order valence-corrected chi connectivity index (χ3v) is 8.42. The summed E-state index contributed by atoms with van der Waals surface area (Å²) in [5, 5.41) is 11.0. The molecule has 9 nitrogen and oxygen atoms in total. The number of fused-ring (bicyclic) bond motifs is 3. The van der Waals surface area contributed by atoms with Gasteiger partial charge in [-0.1, -0.05) is 31.0 Å². The first-order valence-corrected chi connectivity index (χ1v) is 13.5. The van der Waals surface area contributed by atoms with Crippen molar-refractivity contribution in [3.8, 4) is 5.69 Å². The van der Waals surface area contributed by atoms with Crippen LogP contribution in [0.4, 0.5) is 5.69 Å². The molecule has 5 atom stereocenters. The van der Waals surface area contributed by atoms with Crippen molar-refractivity contribution < 1.29 is 14.3 Å². The highest BCUT2D eigenvalue weighted by atomic mass is 16.5. The fraction of sp³-hybridized carbons (Fsp3) is 0.448. The molecule has 198 valence electrons. The van der Waals surface area contributed by atoms with Crippen molar-refractivity contribution in [2.75, 3.05) is 25.6 Å². The van der Waals surface area contributed by atoms with Crippen molar-refractivity contribution in [3.63, 3.8) is 0 Å². The quantitative estimate of drug-likeness (QED) is 0.522. The Labute approximate surface area is 222 Å². The third-order valence-electron chi connectivity index (χ3n) is 8.42. The van der Waals surface area contributed by atoms with E-state index in [-0.39, 0.29) is 35.9 Å². The van der Waals surface area contributed by atoms with Gasteiger partial charge in [-0.2, -0.15) is 5.10 Å². The fourth-order valence-electron chi connectivity index (χ4n) is 6.59. The summed E-state index contributed by atoms with van der Waals surface area (Å²) in [6.07, 6.45) is 7.65. The number of ether oxygens (including phenoxy) is 1. The molecular formula is C29H34N6O3. The number of hydrogen-bond donors (Lipinski definition) is 2. The second-order valence-corrected chi connectivity index (χ2v) is 10.6. The molecule has 9 heteroatoms. The molecule has 1 saturated heterocycles. The molecule has 2 fully saturated rings. The van der Waals surface area contributed by atoms with Crippen LogP contribution in [0.3, 0.4) is 0 Å². The van der Waals surface area contributed by atoms with Crippen LogP contribution in [-0.2, 0) is 9.53 Å². The van der Waals surface area contributed by atoms with Crippen LogP contribution in [0.5, 0.6) is 0 Å². The number of anilines is 1. The van der Waals surface area contributed by atoms with E-state index in [2.05, 4.69) is 37.7 Å². The number of nitrogens with one attached hydrogen (secondary N) is 2. The van der Waals surface area contributed by atoms with Crippen LogP contribution in [0, 0.1) is 11.8 Å². The third kappa shape index (κ3) is 4.55. The Kier molecular flexibility index (Phi) is 6.84. The van der Waals surface area contributed by atoms with E-state index in [0.29, 0.717) is 18.1 Å². The molecule has 6 rings (SSSR count). The van der Waals surface area contributed by atoms with Crippen molar-refractivity contribution in [1.82, 2.24) is 25.0 Å². The van der Waals surface area contributed by atoms with Gasteiger partial charge in [0, 0.05) is 36.9 Å². The maximum Gasteiger partial charge on any atom is 0.251 e. The molecule has 3 aromatic rings. The van der Waals surface area contributed by atoms with E-state index >= 15 is 0 Å². The van der Waals surface area contributed by atoms with Crippen LogP contribution < -0.4 is 10.6 Å². The molecule has 2 aliphatic heterocycles. The molecule has 1 aliphatic carbocycles. The van der Waals surface area contributed by atoms with E-state index < -0.39 is 0 Å². The predicted octanol–water partition coefficient (Wildman–Crippen LogP) is 3.59. The SMILES string of the molecule is COC[C@@H]1Nc2ccccc2[C@H]2[C@H]1CCN2C(=O)[C@H]1CCCC[C@H]1NC(=O)c1ccc(-n2cncn2)cc1. The highest BCUT2D eigenvalue weighted by Gasteiger charge is 2.48. The van der Waals surface area contributed by atoms with E-state index in [1.54, 1.807) is 30.3 Å². The summed E-state index contributed by atoms with van der Waals surface area (Å²) in [5.41, 5.74) is 3.67. The molecule has 3 aliphatic rings. The molecule has 2 aromatic carbocycles. The number of carbonyl (C=O) groups excluding carboxylic acids is 2. The average molecular weight is 515 g/mol. The Balaban J connectivity index is 1.20. The number of amides is 2. The minimum atomic E-state index is -0.219. The predicted molar refractivity (Wildman–Crippen MR) is 143 cm³/mol. The Bertz CT molecular complexity index is 1280. The maximum absolute atomic E-state index is 14.1. The lowest BCUT2D eigenvalue weighted by atomic mass is 9.81. The summed E-state index contributed by atoms with van der Waals surface area (Å²) in [6.45, 7) is 1.33. The van der Waals surface area contributed by atoms with Crippen molar-refractivity contribution in [1.29, 1.82) is 0 Å². The fourth-order valence-corrected chi connectivity index (χ4v) is 6.59. The largest absolute Gasteiger partial charge is 0.383 e. The molecule has 0 radical (unpaired) electrons. The summed E-state index contributed by atoms with van der Waals surface area (Å²) in [5.74, 6) is 0.0983. The number of methoxy groups -OCH3 is 1. The van der Waals surface area contributed by atoms with Crippen LogP contribution in [0.25, 0.3) is 5.69 Å². The molecule has 38 heavy (non-hydrogen) atoms. The number of rotatable bonds is 6. The zero-order valence-corrected chi connectivity index (χ0v) is 21.6. The lowest BCUT2D eigenvalue weighted by Crippen LogP contribution is -2.50. The molecule has 0 unspecified atom stereocenters. The van der Waals surface area contributed by atoms with Crippen molar-refractivity contribution in [2.45, 2.75) is 50.2 Å². The van der Waals surface area contributed by atoms with Crippen molar-refractivity contribution in [3.05, 3.63) is 72.3 Å². The van der Waals surface area contributed by atoms with E-state index in [9.17, 15) is 9.59 Å². The van der Waals surface area contributed by atoms with E-state index in [1.807, 2.05) is 24.3 Å². The van der Waals surface area contributed by atoms with Gasteiger partial charge in [0.1, 0.15) is 12.7 Å². The summed E-state index contributed by atoms with van der Waals surface area (Å²) in [6, 6.07) is 15.6. The summed E-state index contributed by atoms with van der Waals surface area (Å²) in [4.78, 5) is 33.4. The molecule has 1 aromatic heterocycles. The van der Waals surface area contributed by atoms with E-state index in [0.717, 1.165) is 50.0 Å². The highest BCUT2D eigenvalue weighted by molar-refractivity contribution is 5.95. The average Bonchev–Trinajstić information content (AvgIpc) is 3.65. The topological polar surface area (TPSA) is 101 Å². The van der Waals surface area contributed by atoms with Crippen LogP contribution in [-0.4, -0.2) is 63.8 Å². The number of para-hydroxylation sites is 1. The van der Waals surface area contributed by atoms with Gasteiger partial charge in [0.25, 0.3) is 5.91 Å². The van der Waals surface area contributed by atoms with Gasteiger partial charge in [-0.25, -0.2) is 9.67 Å². The first-order chi connectivity index (χ1) is 18.6. The van der Waals surface area contributed by atoms with Gasteiger partial charge in [-0.15, -0.1) is 0 Å².